The zero-order chi connectivity index (χ0) is 12.0. The molecule has 0 fully saturated rings. The summed E-state index contributed by atoms with van der Waals surface area (Å²) in [6.45, 7) is 0. The van der Waals surface area contributed by atoms with Crippen molar-refractivity contribution in [2.75, 3.05) is 0 Å². The van der Waals surface area contributed by atoms with Gasteiger partial charge in [0.25, 0.3) is 0 Å². The van der Waals surface area contributed by atoms with Gasteiger partial charge in [0.05, 0.1) is 11.4 Å². The van der Waals surface area contributed by atoms with Crippen molar-refractivity contribution in [1.82, 2.24) is 15.8 Å². The van der Waals surface area contributed by atoms with Gasteiger partial charge < -0.3 is 26.4 Å². The van der Waals surface area contributed by atoms with E-state index in [1.54, 1.807) is 24.3 Å². The van der Waals surface area contributed by atoms with Crippen LogP contribution in [-0.4, -0.2) is 15.2 Å². The molecule has 88 valence electrons. The molecule has 1 aliphatic rings. The first-order valence-electron chi connectivity index (χ1n) is 5.13. The van der Waals surface area contributed by atoms with Crippen LogP contribution in [0.15, 0.2) is 36.2 Å². The highest BCUT2D eigenvalue weighted by Crippen LogP contribution is 2.29. The van der Waals surface area contributed by atoms with E-state index in [2.05, 4.69) is 15.8 Å². The van der Waals surface area contributed by atoms with Crippen LogP contribution >= 0.6 is 0 Å². The SMILES string of the molecule is NC1=CNNC1(O)c1cc2cc(O)ccc2[nH]1. The molecule has 17 heavy (non-hydrogen) atoms. The van der Waals surface area contributed by atoms with Crippen LogP contribution in [0, 0.1) is 0 Å². The number of benzene rings is 1. The van der Waals surface area contributed by atoms with E-state index in [1.807, 2.05) is 0 Å². The Hall–Kier alpha value is -2.18. The van der Waals surface area contributed by atoms with Gasteiger partial charge in [0.1, 0.15) is 5.75 Å². The molecule has 6 nitrogen and oxygen atoms in total. The van der Waals surface area contributed by atoms with E-state index >= 15 is 0 Å². The Kier molecular flexibility index (Phi) is 1.86. The fourth-order valence-electron chi connectivity index (χ4n) is 1.93. The second kappa shape index (κ2) is 3.16. The van der Waals surface area contributed by atoms with E-state index < -0.39 is 5.72 Å². The molecule has 1 aromatic heterocycles. The van der Waals surface area contributed by atoms with Gasteiger partial charge in [-0.05, 0) is 24.3 Å². The van der Waals surface area contributed by atoms with Crippen LogP contribution in [0.1, 0.15) is 5.69 Å². The molecule has 0 amide bonds. The number of fused-ring (bicyclic) bond motifs is 1. The van der Waals surface area contributed by atoms with Gasteiger partial charge >= 0.3 is 0 Å². The van der Waals surface area contributed by atoms with E-state index in [9.17, 15) is 10.2 Å². The van der Waals surface area contributed by atoms with Gasteiger partial charge in [0.15, 0.2) is 0 Å². The quantitative estimate of drug-likeness (QED) is 0.412. The minimum Gasteiger partial charge on any atom is -0.508 e. The Balaban J connectivity index is 2.16. The third-order valence-corrected chi connectivity index (χ3v) is 2.89. The number of H-pyrrole nitrogens is 1. The highest BCUT2D eigenvalue weighted by atomic mass is 16.3. The monoisotopic (exact) mass is 232 g/mol. The fourth-order valence-corrected chi connectivity index (χ4v) is 1.93. The van der Waals surface area contributed by atoms with Crippen LogP contribution in [-0.2, 0) is 5.72 Å². The second-order valence-electron chi connectivity index (χ2n) is 4.03. The number of hydrogen-bond donors (Lipinski definition) is 6. The molecule has 2 heterocycles. The average molecular weight is 232 g/mol. The third-order valence-electron chi connectivity index (χ3n) is 2.89. The summed E-state index contributed by atoms with van der Waals surface area (Å²) in [5.41, 5.74) is 11.2. The largest absolute Gasteiger partial charge is 0.508 e. The summed E-state index contributed by atoms with van der Waals surface area (Å²) in [4.78, 5) is 3.05. The molecule has 1 atom stereocenters. The maximum atomic E-state index is 10.3. The molecular formula is C11H12N4O2. The van der Waals surface area contributed by atoms with Crippen molar-refractivity contribution in [2.45, 2.75) is 5.72 Å². The number of phenols is 1. The fraction of sp³-hybridized carbons (Fsp3) is 0.0909. The summed E-state index contributed by atoms with van der Waals surface area (Å²) < 4.78 is 0. The van der Waals surface area contributed by atoms with E-state index in [1.165, 1.54) is 6.20 Å². The number of phenolic OH excluding ortho intramolecular Hbond substituents is 1. The topological polar surface area (TPSA) is 106 Å². The van der Waals surface area contributed by atoms with Gasteiger partial charge in [-0.3, -0.25) is 0 Å². The Morgan fingerprint density at radius 2 is 2.06 bits per heavy atom. The molecule has 1 aromatic carbocycles. The number of hydrazine groups is 1. The van der Waals surface area contributed by atoms with Crippen molar-refractivity contribution >= 4 is 10.9 Å². The standard InChI is InChI=1S/C11H12N4O2/c12-9-5-13-15-11(9,17)10-4-6-3-7(16)1-2-8(6)14-10/h1-5,13-17H,12H2. The zero-order valence-corrected chi connectivity index (χ0v) is 8.86. The first-order chi connectivity index (χ1) is 8.09. The van der Waals surface area contributed by atoms with Gasteiger partial charge in [0.2, 0.25) is 5.72 Å². The lowest BCUT2D eigenvalue weighted by atomic mass is 10.1. The van der Waals surface area contributed by atoms with E-state index in [4.69, 9.17) is 5.73 Å². The highest BCUT2D eigenvalue weighted by Gasteiger charge is 2.37. The summed E-state index contributed by atoms with van der Waals surface area (Å²) in [5, 5.41) is 20.5. The lowest BCUT2D eigenvalue weighted by molar-refractivity contribution is 0.0368. The molecule has 1 unspecified atom stereocenters. The van der Waals surface area contributed by atoms with Gasteiger partial charge in [-0.2, -0.15) is 5.43 Å². The summed E-state index contributed by atoms with van der Waals surface area (Å²) >= 11 is 0. The van der Waals surface area contributed by atoms with E-state index in [0.29, 0.717) is 5.69 Å². The molecule has 0 saturated carbocycles. The average Bonchev–Trinajstić information content (AvgIpc) is 2.84. The number of aromatic amines is 1. The predicted octanol–water partition coefficient (Wildman–Crippen LogP) is -0.0735. The van der Waals surface area contributed by atoms with Gasteiger partial charge in [-0.25, -0.2) is 0 Å². The lowest BCUT2D eigenvalue weighted by Crippen LogP contribution is -2.45. The molecule has 0 spiro atoms. The number of nitrogens with two attached hydrogens (primary N) is 1. The predicted molar refractivity (Wildman–Crippen MR) is 62.4 cm³/mol. The Morgan fingerprint density at radius 3 is 2.76 bits per heavy atom. The Bertz CT molecular complexity index is 619. The smallest absolute Gasteiger partial charge is 0.216 e. The van der Waals surface area contributed by atoms with Crippen molar-refractivity contribution in [3.05, 3.63) is 41.9 Å². The van der Waals surface area contributed by atoms with Crippen molar-refractivity contribution in [2.24, 2.45) is 5.73 Å². The summed E-state index contributed by atoms with van der Waals surface area (Å²) in [7, 11) is 0. The summed E-state index contributed by atoms with van der Waals surface area (Å²) in [6.07, 6.45) is 1.49. The van der Waals surface area contributed by atoms with Crippen LogP contribution < -0.4 is 16.6 Å². The van der Waals surface area contributed by atoms with Gasteiger partial charge in [-0.15, -0.1) is 0 Å². The number of nitrogens with one attached hydrogen (secondary N) is 3. The molecule has 6 heteroatoms. The Morgan fingerprint density at radius 1 is 1.24 bits per heavy atom. The normalized spacial score (nSPS) is 23.7. The highest BCUT2D eigenvalue weighted by molar-refractivity contribution is 5.82. The molecule has 1 aliphatic heterocycles. The molecular weight excluding hydrogens is 220 g/mol. The number of hydrogen-bond acceptors (Lipinski definition) is 5. The molecule has 0 aliphatic carbocycles. The molecule has 2 aromatic rings. The first kappa shape index (κ1) is 10.0. The summed E-state index contributed by atoms with van der Waals surface area (Å²) in [5.74, 6) is 0.177. The third kappa shape index (κ3) is 1.35. The van der Waals surface area contributed by atoms with Crippen LogP contribution in [0.25, 0.3) is 10.9 Å². The molecule has 0 saturated heterocycles. The minimum atomic E-state index is -1.45. The number of aliphatic hydroxyl groups is 1. The number of aromatic hydroxyl groups is 1. The van der Waals surface area contributed by atoms with Crippen molar-refractivity contribution < 1.29 is 10.2 Å². The summed E-state index contributed by atoms with van der Waals surface area (Å²) in [6, 6.07) is 6.66. The second-order valence-corrected chi connectivity index (χ2v) is 4.03. The lowest BCUT2D eigenvalue weighted by Gasteiger charge is -2.22. The number of aromatic nitrogens is 1. The molecule has 3 rings (SSSR count). The van der Waals surface area contributed by atoms with Crippen molar-refractivity contribution in [1.29, 1.82) is 0 Å². The minimum absolute atomic E-state index is 0.177. The van der Waals surface area contributed by atoms with Crippen LogP contribution in [0.5, 0.6) is 5.75 Å². The molecule has 0 bridgehead atoms. The van der Waals surface area contributed by atoms with Crippen LogP contribution in [0.2, 0.25) is 0 Å². The van der Waals surface area contributed by atoms with E-state index in [0.717, 1.165) is 10.9 Å². The first-order valence-corrected chi connectivity index (χ1v) is 5.13. The maximum absolute atomic E-state index is 10.3. The van der Waals surface area contributed by atoms with E-state index in [-0.39, 0.29) is 11.4 Å². The Labute approximate surface area is 96.7 Å². The number of rotatable bonds is 1. The zero-order valence-electron chi connectivity index (χ0n) is 8.86. The van der Waals surface area contributed by atoms with Crippen molar-refractivity contribution in [3.63, 3.8) is 0 Å². The maximum Gasteiger partial charge on any atom is 0.216 e. The van der Waals surface area contributed by atoms with Gasteiger partial charge in [-0.1, -0.05) is 0 Å². The molecule has 0 radical (unpaired) electrons. The van der Waals surface area contributed by atoms with Gasteiger partial charge in [0, 0.05) is 17.1 Å². The van der Waals surface area contributed by atoms with Crippen LogP contribution in [0.4, 0.5) is 0 Å². The van der Waals surface area contributed by atoms with Crippen LogP contribution in [0.3, 0.4) is 0 Å². The van der Waals surface area contributed by atoms with Crippen molar-refractivity contribution in [3.8, 4) is 5.75 Å². The molecule has 7 N–H and O–H groups in total.